The van der Waals surface area contributed by atoms with Gasteiger partial charge in [0, 0.05) is 83.8 Å². The van der Waals surface area contributed by atoms with Crippen LogP contribution < -0.4 is 14.9 Å². The molecule has 0 radical (unpaired) electrons. The predicted octanol–water partition coefficient (Wildman–Crippen LogP) is 10.2. The molecule has 1 fully saturated rings. The van der Waals surface area contributed by atoms with Crippen LogP contribution in [0.15, 0.2) is 194 Å². The zero-order chi connectivity index (χ0) is 46.5. The second-order valence-electron chi connectivity index (χ2n) is 15.9. The molecular formula is C51H50BBrN8O5. The van der Waals surface area contributed by atoms with Crippen LogP contribution in [0.2, 0.25) is 0 Å². The minimum Gasteiger partial charge on any atom is -0.508 e. The quantitative estimate of drug-likeness (QED) is 0.147. The van der Waals surface area contributed by atoms with E-state index in [-0.39, 0.29) is 24.1 Å². The first kappa shape index (κ1) is 46.7. The molecule has 1 N–H and O–H groups in total. The van der Waals surface area contributed by atoms with Crippen molar-refractivity contribution in [1.29, 1.82) is 0 Å². The Bertz CT molecular complexity index is 2890. The highest BCUT2D eigenvalue weighted by atomic mass is 79.9. The van der Waals surface area contributed by atoms with Gasteiger partial charge in [-0.25, -0.2) is 14.0 Å². The molecule has 334 valence electrons. The molecule has 0 bridgehead atoms. The number of ether oxygens (including phenoxy) is 2. The van der Waals surface area contributed by atoms with E-state index in [2.05, 4.69) is 68.9 Å². The van der Waals surface area contributed by atoms with Crippen molar-refractivity contribution < 1.29 is 23.9 Å². The molecule has 15 heteroatoms. The lowest BCUT2D eigenvalue weighted by Gasteiger charge is -2.32. The first-order valence-corrected chi connectivity index (χ1v) is 21.8. The van der Waals surface area contributed by atoms with Crippen LogP contribution in [0.25, 0.3) is 39.3 Å². The van der Waals surface area contributed by atoms with Gasteiger partial charge in [0.15, 0.2) is 0 Å². The summed E-state index contributed by atoms with van der Waals surface area (Å²) >= 11 is 3.35. The summed E-state index contributed by atoms with van der Waals surface area (Å²) < 4.78 is 28.5. The Kier molecular flexibility index (Phi) is 15.2. The fourth-order valence-electron chi connectivity index (χ4n) is 6.47. The summed E-state index contributed by atoms with van der Waals surface area (Å²) in [4.78, 5) is 8.19. The molecule has 13 nitrogen and oxygen atoms in total. The van der Waals surface area contributed by atoms with Gasteiger partial charge in [0.2, 0.25) is 0 Å². The van der Waals surface area contributed by atoms with Crippen LogP contribution in [-0.2, 0) is 9.31 Å². The van der Waals surface area contributed by atoms with Crippen molar-refractivity contribution in [3.8, 4) is 56.6 Å². The molecule has 4 aromatic carbocycles. The SMILES string of the molecule is CC1(C)OB(c2ccccc2)OC1(C)C.COc1cccc(-n2cc(-c3cccnc3)cn2)c1.COc1cccc(-n2cc(Br)cn2)c1.Oc1cccc(-n2cc(-c3cccnc3)cn2)c1. The number of aromatic nitrogens is 8. The van der Waals surface area contributed by atoms with Gasteiger partial charge in [0.1, 0.15) is 17.2 Å². The number of hydrogen-bond acceptors (Lipinski definition) is 10. The fourth-order valence-corrected chi connectivity index (χ4v) is 6.75. The van der Waals surface area contributed by atoms with Gasteiger partial charge in [-0.05, 0) is 97.6 Å². The molecule has 1 aliphatic rings. The normalized spacial score (nSPS) is 13.2. The molecule has 0 aliphatic carbocycles. The third-order valence-corrected chi connectivity index (χ3v) is 11.2. The lowest BCUT2D eigenvalue weighted by Crippen LogP contribution is -2.41. The molecular weight excluding hydrogens is 895 g/mol. The van der Waals surface area contributed by atoms with Crippen molar-refractivity contribution >= 4 is 28.5 Å². The molecule has 0 amide bonds. The van der Waals surface area contributed by atoms with Crippen LogP contribution in [-0.4, -0.2) is 77.0 Å². The number of hydrogen-bond donors (Lipinski definition) is 1. The Hall–Kier alpha value is -7.33. The third-order valence-electron chi connectivity index (χ3n) is 10.8. The highest BCUT2D eigenvalue weighted by Crippen LogP contribution is 2.36. The van der Waals surface area contributed by atoms with Gasteiger partial charge < -0.3 is 23.9 Å². The van der Waals surface area contributed by atoms with Crippen molar-refractivity contribution in [2.45, 2.75) is 38.9 Å². The molecule has 1 saturated heterocycles. The first-order chi connectivity index (χ1) is 31.9. The van der Waals surface area contributed by atoms with E-state index in [9.17, 15) is 5.11 Å². The van der Waals surface area contributed by atoms with Crippen LogP contribution in [0.1, 0.15) is 27.7 Å². The first-order valence-electron chi connectivity index (χ1n) is 21.0. The lowest BCUT2D eigenvalue weighted by molar-refractivity contribution is 0.00578. The van der Waals surface area contributed by atoms with E-state index in [4.69, 9.17) is 18.8 Å². The van der Waals surface area contributed by atoms with E-state index >= 15 is 0 Å². The Morgan fingerprint density at radius 2 is 0.985 bits per heavy atom. The smallest absolute Gasteiger partial charge is 0.494 e. The van der Waals surface area contributed by atoms with Crippen LogP contribution in [0, 0.1) is 0 Å². The molecule has 10 rings (SSSR count). The van der Waals surface area contributed by atoms with Gasteiger partial charge in [-0.3, -0.25) is 9.97 Å². The zero-order valence-electron chi connectivity index (χ0n) is 37.5. The van der Waals surface area contributed by atoms with Crippen molar-refractivity contribution in [2.75, 3.05) is 14.2 Å². The maximum Gasteiger partial charge on any atom is 0.494 e. The maximum atomic E-state index is 9.45. The Morgan fingerprint density at radius 1 is 0.515 bits per heavy atom. The second-order valence-corrected chi connectivity index (χ2v) is 16.8. The molecule has 0 spiro atoms. The minimum atomic E-state index is -0.256. The fraction of sp³-hybridized carbons (Fsp3) is 0.157. The van der Waals surface area contributed by atoms with Crippen LogP contribution in [0.3, 0.4) is 0 Å². The van der Waals surface area contributed by atoms with Crippen LogP contribution in [0.5, 0.6) is 17.2 Å². The summed E-state index contributed by atoms with van der Waals surface area (Å²) in [5.74, 6) is 1.87. The Morgan fingerprint density at radius 3 is 1.42 bits per heavy atom. The van der Waals surface area contributed by atoms with E-state index in [0.717, 1.165) is 60.8 Å². The van der Waals surface area contributed by atoms with Crippen molar-refractivity contribution in [3.05, 3.63) is 194 Å². The standard InChI is InChI=1S/C15H13N3O.C14H11N3O.C12H17BO2.C10H9BrN2O/c1-19-15-6-2-5-14(8-15)18-11-13(10-17-18)12-4-3-7-16-9-12;18-14-5-1-4-13(7-14)17-10-12(9-16-17)11-3-2-6-15-8-11;1-11(2)12(3,4)15-13(14-11)10-8-6-5-7-9-10;1-14-10-4-2-3-9(5-10)13-7-8(11)6-12-13/h2-11H,1H3;1-10,18H;5-9H,1-4H3;2-7H,1H3. The molecule has 1 aliphatic heterocycles. The number of nitrogens with zero attached hydrogens (tertiary/aromatic N) is 8. The number of rotatable bonds is 8. The van der Waals surface area contributed by atoms with Crippen LogP contribution in [0.4, 0.5) is 0 Å². The third kappa shape index (κ3) is 12.1. The number of methoxy groups -OCH3 is 2. The van der Waals surface area contributed by atoms with Crippen molar-refractivity contribution in [1.82, 2.24) is 39.3 Å². The second kappa shape index (κ2) is 21.6. The van der Waals surface area contributed by atoms with E-state index < -0.39 is 0 Å². The molecule has 5 aromatic heterocycles. The van der Waals surface area contributed by atoms with Gasteiger partial charge in [0.05, 0.1) is 65.5 Å². The predicted molar refractivity (Wildman–Crippen MR) is 262 cm³/mol. The highest BCUT2D eigenvalue weighted by Gasteiger charge is 2.51. The average molecular weight is 946 g/mol. The molecule has 9 aromatic rings. The number of phenolic OH excluding ortho intramolecular Hbond substituents is 1. The van der Waals surface area contributed by atoms with Gasteiger partial charge in [0.25, 0.3) is 0 Å². The Balaban J connectivity index is 0.000000132. The molecule has 66 heavy (non-hydrogen) atoms. The number of halogens is 1. The number of phenols is 1. The van der Waals surface area contributed by atoms with Gasteiger partial charge >= 0.3 is 7.12 Å². The Labute approximate surface area is 393 Å². The summed E-state index contributed by atoms with van der Waals surface area (Å²) in [5, 5.41) is 22.3. The van der Waals surface area contributed by atoms with E-state index in [0.29, 0.717) is 0 Å². The lowest BCUT2D eigenvalue weighted by atomic mass is 9.79. The highest BCUT2D eigenvalue weighted by molar-refractivity contribution is 9.10. The molecule has 0 unspecified atom stereocenters. The summed E-state index contributed by atoms with van der Waals surface area (Å²) in [6.45, 7) is 8.26. The molecule has 0 saturated carbocycles. The molecule has 0 atom stereocenters. The van der Waals surface area contributed by atoms with Crippen molar-refractivity contribution in [3.63, 3.8) is 0 Å². The van der Waals surface area contributed by atoms with Gasteiger partial charge in [-0.1, -0.05) is 60.7 Å². The van der Waals surface area contributed by atoms with Crippen molar-refractivity contribution in [2.24, 2.45) is 0 Å². The summed E-state index contributed by atoms with van der Waals surface area (Å²) in [6.07, 6.45) is 18.3. The molecule has 6 heterocycles. The zero-order valence-corrected chi connectivity index (χ0v) is 39.1. The van der Waals surface area contributed by atoms with E-state index in [1.165, 1.54) is 0 Å². The van der Waals surface area contributed by atoms with E-state index in [1.807, 2.05) is 145 Å². The maximum absolute atomic E-state index is 9.45. The largest absolute Gasteiger partial charge is 0.508 e. The number of aromatic hydroxyl groups is 1. The van der Waals surface area contributed by atoms with E-state index in [1.54, 1.807) is 72.8 Å². The van der Waals surface area contributed by atoms with Crippen LogP contribution >= 0.6 is 15.9 Å². The number of pyridine rings is 2. The van der Waals surface area contributed by atoms with Gasteiger partial charge in [-0.2, -0.15) is 15.3 Å². The van der Waals surface area contributed by atoms with Gasteiger partial charge in [-0.15, -0.1) is 0 Å². The summed E-state index contributed by atoms with van der Waals surface area (Å²) in [7, 11) is 3.07. The summed E-state index contributed by atoms with van der Waals surface area (Å²) in [5.41, 5.74) is 7.44. The topological polar surface area (TPSA) is 136 Å². The number of benzene rings is 4. The minimum absolute atomic E-state index is 0.228. The summed E-state index contributed by atoms with van der Waals surface area (Å²) in [6, 6.07) is 40.4. The monoisotopic (exact) mass is 944 g/mol. The average Bonchev–Trinajstić information content (AvgIpc) is 4.18.